The smallest absolute Gasteiger partial charge is 0.0991 e. The molecule has 2 rings (SSSR count). The van der Waals surface area contributed by atoms with Gasteiger partial charge in [-0.25, -0.2) is 0 Å². The predicted octanol–water partition coefficient (Wildman–Crippen LogP) is 3.90. The van der Waals surface area contributed by atoms with Gasteiger partial charge in [0, 0.05) is 10.1 Å². The molecule has 0 unspecified atom stereocenters. The topological polar surface area (TPSA) is 23.8 Å². The van der Waals surface area contributed by atoms with Crippen molar-refractivity contribution in [3.05, 3.63) is 29.3 Å². The van der Waals surface area contributed by atoms with E-state index in [1.807, 2.05) is 23.9 Å². The number of aryl methyl sites for hydroxylation is 1. The van der Waals surface area contributed by atoms with Crippen LogP contribution in [0.4, 0.5) is 0 Å². The monoisotopic (exact) mass is 217 g/mol. The van der Waals surface area contributed by atoms with Crippen LogP contribution in [0.15, 0.2) is 23.1 Å². The fraction of sp³-hybridized carbons (Fsp3) is 0.462. The Balaban J connectivity index is 2.11. The van der Waals surface area contributed by atoms with Crippen molar-refractivity contribution in [1.82, 2.24) is 0 Å². The Hall–Kier alpha value is -0.940. The molecule has 1 aliphatic rings. The first-order valence-electron chi connectivity index (χ1n) is 5.47. The molecule has 0 atom stereocenters. The number of hydrogen-bond donors (Lipinski definition) is 0. The molecule has 1 fully saturated rings. The first-order chi connectivity index (χ1) is 7.29. The van der Waals surface area contributed by atoms with E-state index < -0.39 is 0 Å². The molecule has 1 aromatic rings. The fourth-order valence-corrected chi connectivity index (χ4v) is 3.36. The summed E-state index contributed by atoms with van der Waals surface area (Å²) in [5.41, 5.74) is 2.01. The lowest BCUT2D eigenvalue weighted by atomic mass is 10.2. The molecule has 0 aromatic heterocycles. The van der Waals surface area contributed by atoms with E-state index in [0.29, 0.717) is 0 Å². The van der Waals surface area contributed by atoms with E-state index in [1.165, 1.54) is 36.1 Å². The van der Waals surface area contributed by atoms with Gasteiger partial charge in [0.05, 0.1) is 11.6 Å². The summed E-state index contributed by atoms with van der Waals surface area (Å²) in [7, 11) is 0. The largest absolute Gasteiger partial charge is 0.192 e. The molecule has 0 N–H and O–H groups in total. The van der Waals surface area contributed by atoms with E-state index in [4.69, 9.17) is 5.26 Å². The van der Waals surface area contributed by atoms with Crippen LogP contribution in [0.25, 0.3) is 0 Å². The van der Waals surface area contributed by atoms with Crippen molar-refractivity contribution < 1.29 is 0 Å². The molecular weight excluding hydrogens is 202 g/mol. The summed E-state index contributed by atoms with van der Waals surface area (Å²) in [4.78, 5) is 1.35. The lowest BCUT2D eigenvalue weighted by Gasteiger charge is -2.10. The first kappa shape index (κ1) is 10.6. The Morgan fingerprint density at radius 1 is 1.33 bits per heavy atom. The lowest BCUT2D eigenvalue weighted by Crippen LogP contribution is -1.94. The van der Waals surface area contributed by atoms with Crippen LogP contribution in [-0.4, -0.2) is 5.25 Å². The molecule has 0 bridgehead atoms. The Morgan fingerprint density at radius 2 is 2.07 bits per heavy atom. The summed E-state index contributed by atoms with van der Waals surface area (Å²) in [6, 6.07) is 8.18. The van der Waals surface area contributed by atoms with Gasteiger partial charge in [-0.1, -0.05) is 12.8 Å². The molecule has 78 valence electrons. The SMILES string of the molecule is Cc1cc(C#N)ccc1SC1CCCC1. The van der Waals surface area contributed by atoms with Gasteiger partial charge in [0.15, 0.2) is 0 Å². The highest BCUT2D eigenvalue weighted by Gasteiger charge is 2.16. The molecule has 0 saturated heterocycles. The third kappa shape index (κ3) is 2.54. The van der Waals surface area contributed by atoms with E-state index >= 15 is 0 Å². The summed E-state index contributed by atoms with van der Waals surface area (Å²) in [5.74, 6) is 0. The van der Waals surface area contributed by atoms with Gasteiger partial charge in [-0.3, -0.25) is 0 Å². The molecule has 1 nitrogen and oxygen atoms in total. The highest BCUT2D eigenvalue weighted by atomic mass is 32.2. The highest BCUT2D eigenvalue weighted by Crippen LogP contribution is 2.36. The molecule has 0 spiro atoms. The van der Waals surface area contributed by atoms with E-state index in [-0.39, 0.29) is 0 Å². The second-order valence-electron chi connectivity index (χ2n) is 4.12. The molecule has 0 radical (unpaired) electrons. The van der Waals surface area contributed by atoms with Crippen molar-refractivity contribution >= 4 is 11.8 Å². The number of rotatable bonds is 2. The van der Waals surface area contributed by atoms with Crippen molar-refractivity contribution in [3.63, 3.8) is 0 Å². The van der Waals surface area contributed by atoms with Gasteiger partial charge in [0.1, 0.15) is 0 Å². The lowest BCUT2D eigenvalue weighted by molar-refractivity contribution is 0.886. The Kier molecular flexibility index (Phi) is 3.33. The molecule has 2 heteroatoms. The summed E-state index contributed by atoms with van der Waals surface area (Å²) >= 11 is 1.99. The molecule has 0 aliphatic heterocycles. The van der Waals surface area contributed by atoms with Crippen LogP contribution < -0.4 is 0 Å². The zero-order chi connectivity index (χ0) is 10.7. The standard InChI is InChI=1S/C13H15NS/c1-10-8-11(9-14)6-7-13(10)15-12-4-2-3-5-12/h6-8,12H,2-5H2,1H3. The van der Waals surface area contributed by atoms with Crippen LogP contribution in [0, 0.1) is 18.3 Å². The van der Waals surface area contributed by atoms with Gasteiger partial charge in [-0.15, -0.1) is 11.8 Å². The number of thioether (sulfide) groups is 1. The zero-order valence-corrected chi connectivity index (χ0v) is 9.81. The highest BCUT2D eigenvalue weighted by molar-refractivity contribution is 8.00. The van der Waals surface area contributed by atoms with Crippen molar-refractivity contribution in [1.29, 1.82) is 5.26 Å². The third-order valence-corrected chi connectivity index (χ3v) is 4.42. The molecule has 15 heavy (non-hydrogen) atoms. The summed E-state index contributed by atoms with van der Waals surface area (Å²) in [5, 5.41) is 9.58. The average Bonchev–Trinajstić information content (AvgIpc) is 2.74. The van der Waals surface area contributed by atoms with Gasteiger partial charge < -0.3 is 0 Å². The van der Waals surface area contributed by atoms with E-state index in [9.17, 15) is 0 Å². The van der Waals surface area contributed by atoms with Crippen LogP contribution in [0.3, 0.4) is 0 Å². The molecular formula is C13H15NS. The van der Waals surface area contributed by atoms with Gasteiger partial charge in [0.2, 0.25) is 0 Å². The molecule has 1 saturated carbocycles. The van der Waals surface area contributed by atoms with Gasteiger partial charge >= 0.3 is 0 Å². The molecule has 0 heterocycles. The number of benzene rings is 1. The summed E-state index contributed by atoms with van der Waals surface area (Å²) in [6.07, 6.45) is 5.47. The van der Waals surface area contributed by atoms with Crippen LogP contribution >= 0.6 is 11.8 Å². The van der Waals surface area contributed by atoms with Crippen LogP contribution in [0.2, 0.25) is 0 Å². The first-order valence-corrected chi connectivity index (χ1v) is 6.35. The van der Waals surface area contributed by atoms with Crippen molar-refractivity contribution in [2.45, 2.75) is 42.8 Å². The van der Waals surface area contributed by atoms with Crippen LogP contribution in [0.5, 0.6) is 0 Å². The Morgan fingerprint density at radius 3 is 2.67 bits per heavy atom. The normalized spacial score (nSPS) is 16.5. The minimum atomic E-state index is 0.767. The second kappa shape index (κ2) is 4.72. The van der Waals surface area contributed by atoms with Gasteiger partial charge in [-0.2, -0.15) is 5.26 Å². The minimum absolute atomic E-state index is 0.767. The minimum Gasteiger partial charge on any atom is -0.192 e. The van der Waals surface area contributed by atoms with Gasteiger partial charge in [-0.05, 0) is 43.5 Å². The van der Waals surface area contributed by atoms with Crippen molar-refractivity contribution in [3.8, 4) is 6.07 Å². The van der Waals surface area contributed by atoms with Crippen LogP contribution in [0.1, 0.15) is 36.8 Å². The fourth-order valence-electron chi connectivity index (χ4n) is 2.04. The van der Waals surface area contributed by atoms with E-state index in [0.717, 1.165) is 10.8 Å². The Bertz CT molecular complexity index is 386. The van der Waals surface area contributed by atoms with Crippen LogP contribution in [-0.2, 0) is 0 Å². The average molecular weight is 217 g/mol. The van der Waals surface area contributed by atoms with E-state index in [1.54, 1.807) is 0 Å². The zero-order valence-electron chi connectivity index (χ0n) is 8.99. The number of nitrogens with zero attached hydrogens (tertiary/aromatic N) is 1. The number of hydrogen-bond acceptors (Lipinski definition) is 2. The predicted molar refractivity (Wildman–Crippen MR) is 64.0 cm³/mol. The maximum Gasteiger partial charge on any atom is 0.0991 e. The number of nitriles is 1. The second-order valence-corrected chi connectivity index (χ2v) is 5.46. The Labute approximate surface area is 95.5 Å². The maximum atomic E-state index is 8.78. The molecule has 1 aliphatic carbocycles. The maximum absolute atomic E-state index is 8.78. The van der Waals surface area contributed by atoms with Crippen molar-refractivity contribution in [2.24, 2.45) is 0 Å². The molecule has 1 aromatic carbocycles. The van der Waals surface area contributed by atoms with E-state index in [2.05, 4.69) is 19.1 Å². The molecule has 0 amide bonds. The third-order valence-electron chi connectivity index (χ3n) is 2.90. The van der Waals surface area contributed by atoms with Crippen molar-refractivity contribution in [2.75, 3.05) is 0 Å². The van der Waals surface area contributed by atoms with Gasteiger partial charge in [0.25, 0.3) is 0 Å². The summed E-state index contributed by atoms with van der Waals surface area (Å²) < 4.78 is 0. The summed E-state index contributed by atoms with van der Waals surface area (Å²) in [6.45, 7) is 2.10. The quantitative estimate of drug-likeness (QED) is 0.750.